The Balaban J connectivity index is 3.20. The maximum atomic E-state index is 10.1. The van der Waals surface area contributed by atoms with Crippen molar-refractivity contribution in [3.05, 3.63) is 28.8 Å². The van der Waals surface area contributed by atoms with Gasteiger partial charge in [0.15, 0.2) is 0 Å². The molecule has 1 amide bonds. The lowest BCUT2D eigenvalue weighted by Gasteiger charge is -2.01. The first kappa shape index (κ1) is 8.57. The van der Waals surface area contributed by atoms with E-state index in [1.54, 1.807) is 18.2 Å². The Morgan fingerprint density at radius 1 is 1.58 bits per heavy atom. The van der Waals surface area contributed by atoms with Crippen LogP contribution in [0.4, 0.5) is 5.69 Å². The largest absolute Gasteiger partial charge is 0.327 e. The molecule has 0 fully saturated rings. The van der Waals surface area contributed by atoms with Gasteiger partial charge < -0.3 is 5.32 Å². The van der Waals surface area contributed by atoms with Gasteiger partial charge in [-0.3, -0.25) is 4.79 Å². The quantitative estimate of drug-likeness (QED) is 0.706. The minimum atomic E-state index is 0.284. The first-order chi connectivity index (χ1) is 5.79. The summed E-state index contributed by atoms with van der Waals surface area (Å²) in [6.07, 6.45) is 0.506. The molecule has 0 saturated heterocycles. The summed E-state index contributed by atoms with van der Waals surface area (Å²) in [6.45, 7) is 0. The van der Waals surface area contributed by atoms with E-state index in [0.717, 1.165) is 0 Å². The average Bonchev–Trinajstić information content (AvgIpc) is 2.05. The molecule has 0 aliphatic carbocycles. The van der Waals surface area contributed by atoms with Crippen molar-refractivity contribution in [1.82, 2.24) is 0 Å². The van der Waals surface area contributed by atoms with Crippen LogP contribution in [0.2, 0.25) is 5.02 Å². The molecule has 0 bridgehead atoms. The number of nitriles is 1. The summed E-state index contributed by atoms with van der Waals surface area (Å²) in [6, 6.07) is 6.76. The van der Waals surface area contributed by atoms with Crippen LogP contribution < -0.4 is 5.32 Å². The van der Waals surface area contributed by atoms with E-state index >= 15 is 0 Å². The molecule has 0 heterocycles. The molecule has 0 spiro atoms. The summed E-state index contributed by atoms with van der Waals surface area (Å²) >= 11 is 5.69. The summed E-state index contributed by atoms with van der Waals surface area (Å²) in [5, 5.41) is 11.4. The third-order valence-electron chi connectivity index (χ3n) is 1.34. The Kier molecular flexibility index (Phi) is 2.67. The maximum Gasteiger partial charge on any atom is 0.211 e. The molecule has 0 aliphatic heterocycles. The zero-order valence-electron chi connectivity index (χ0n) is 6.04. The average molecular weight is 181 g/mol. The number of anilines is 1. The number of halogens is 1. The van der Waals surface area contributed by atoms with Crippen molar-refractivity contribution in [3.63, 3.8) is 0 Å². The number of carbonyl (C=O) groups is 1. The van der Waals surface area contributed by atoms with Gasteiger partial charge >= 0.3 is 0 Å². The van der Waals surface area contributed by atoms with Crippen molar-refractivity contribution in [2.24, 2.45) is 0 Å². The Labute approximate surface area is 74.6 Å². The smallest absolute Gasteiger partial charge is 0.211 e. The van der Waals surface area contributed by atoms with Crippen molar-refractivity contribution in [2.45, 2.75) is 0 Å². The molecule has 0 saturated carbocycles. The lowest BCUT2D eigenvalue weighted by molar-refractivity contribution is -0.105. The normalized spacial score (nSPS) is 8.67. The van der Waals surface area contributed by atoms with Crippen molar-refractivity contribution in [3.8, 4) is 6.07 Å². The molecule has 0 unspecified atom stereocenters. The van der Waals surface area contributed by atoms with Gasteiger partial charge in [0, 0.05) is 0 Å². The molecule has 0 aliphatic rings. The van der Waals surface area contributed by atoms with Crippen molar-refractivity contribution >= 4 is 23.7 Å². The third-order valence-corrected chi connectivity index (χ3v) is 1.65. The zero-order valence-corrected chi connectivity index (χ0v) is 6.80. The fourth-order valence-corrected chi connectivity index (χ4v) is 1.04. The Bertz CT molecular complexity index is 343. The lowest BCUT2D eigenvalue weighted by atomic mass is 10.2. The highest BCUT2D eigenvalue weighted by atomic mass is 35.5. The summed E-state index contributed by atoms with van der Waals surface area (Å²) in [5.41, 5.74) is 0.714. The number of hydrogen-bond donors (Lipinski definition) is 1. The van der Waals surface area contributed by atoms with Gasteiger partial charge in [-0.15, -0.1) is 0 Å². The van der Waals surface area contributed by atoms with Gasteiger partial charge in [0.2, 0.25) is 6.41 Å². The van der Waals surface area contributed by atoms with E-state index < -0.39 is 0 Å². The molecule has 4 heteroatoms. The number of nitrogens with one attached hydrogen (secondary N) is 1. The highest BCUT2D eigenvalue weighted by Crippen LogP contribution is 2.22. The summed E-state index contributed by atoms with van der Waals surface area (Å²) < 4.78 is 0. The fourth-order valence-electron chi connectivity index (χ4n) is 0.822. The van der Waals surface area contributed by atoms with Crippen molar-refractivity contribution in [1.29, 1.82) is 5.26 Å². The highest BCUT2D eigenvalue weighted by Gasteiger charge is 2.03. The predicted octanol–water partition coefficient (Wildman–Crippen LogP) is 1.78. The minimum absolute atomic E-state index is 0.284. The van der Waals surface area contributed by atoms with Crippen LogP contribution in [0.5, 0.6) is 0 Å². The van der Waals surface area contributed by atoms with E-state index in [4.69, 9.17) is 16.9 Å². The number of hydrogen-bond acceptors (Lipinski definition) is 2. The summed E-state index contributed by atoms with van der Waals surface area (Å²) in [7, 11) is 0. The van der Waals surface area contributed by atoms with Crippen LogP contribution in [0.1, 0.15) is 5.56 Å². The number of amides is 1. The first-order valence-electron chi connectivity index (χ1n) is 3.18. The molecule has 60 valence electrons. The minimum Gasteiger partial charge on any atom is -0.327 e. The van der Waals surface area contributed by atoms with Gasteiger partial charge in [0.05, 0.1) is 16.3 Å². The fraction of sp³-hybridized carbons (Fsp3) is 0. The molecule has 1 aromatic carbocycles. The predicted molar refractivity (Wildman–Crippen MR) is 45.9 cm³/mol. The van der Waals surface area contributed by atoms with Gasteiger partial charge in [-0.25, -0.2) is 0 Å². The standard InChI is InChI=1S/C8H5ClN2O/c9-7-2-1-3-8(11-5-12)6(7)4-10/h1-3,5H,(H,11,12). The number of nitrogens with zero attached hydrogens (tertiary/aromatic N) is 1. The summed E-state index contributed by atoms with van der Waals surface area (Å²) in [5.74, 6) is 0. The van der Waals surface area contributed by atoms with Crippen LogP contribution in [-0.2, 0) is 4.79 Å². The van der Waals surface area contributed by atoms with Crippen LogP contribution in [0, 0.1) is 11.3 Å². The first-order valence-corrected chi connectivity index (χ1v) is 3.56. The van der Waals surface area contributed by atoms with Gasteiger partial charge in [-0.2, -0.15) is 5.26 Å². The Morgan fingerprint density at radius 2 is 2.33 bits per heavy atom. The molecule has 1 N–H and O–H groups in total. The second-order valence-electron chi connectivity index (χ2n) is 2.04. The van der Waals surface area contributed by atoms with Gasteiger partial charge in [-0.05, 0) is 12.1 Å². The number of carbonyl (C=O) groups excluding carboxylic acids is 1. The molecule has 0 atom stereocenters. The van der Waals surface area contributed by atoms with E-state index in [1.165, 1.54) is 0 Å². The Hall–Kier alpha value is -1.53. The van der Waals surface area contributed by atoms with Gasteiger partial charge in [0.1, 0.15) is 6.07 Å². The van der Waals surface area contributed by atoms with Crippen molar-refractivity contribution < 1.29 is 4.79 Å². The van der Waals surface area contributed by atoms with E-state index in [9.17, 15) is 4.79 Å². The number of rotatable bonds is 2. The maximum absolute atomic E-state index is 10.1. The Morgan fingerprint density at radius 3 is 2.92 bits per heavy atom. The van der Waals surface area contributed by atoms with Gasteiger partial charge in [0.25, 0.3) is 0 Å². The van der Waals surface area contributed by atoms with Crippen LogP contribution in [0.3, 0.4) is 0 Å². The van der Waals surface area contributed by atoms with Gasteiger partial charge in [-0.1, -0.05) is 17.7 Å². The molecule has 1 aromatic rings. The molecule has 3 nitrogen and oxygen atoms in total. The van der Waals surface area contributed by atoms with Crippen LogP contribution >= 0.6 is 11.6 Å². The molecule has 0 radical (unpaired) electrons. The van der Waals surface area contributed by atoms with Crippen molar-refractivity contribution in [2.75, 3.05) is 5.32 Å². The molecule has 12 heavy (non-hydrogen) atoms. The second kappa shape index (κ2) is 3.74. The highest BCUT2D eigenvalue weighted by molar-refractivity contribution is 6.32. The molecular weight excluding hydrogens is 176 g/mol. The third kappa shape index (κ3) is 1.55. The SMILES string of the molecule is N#Cc1c(Cl)cccc1NC=O. The second-order valence-corrected chi connectivity index (χ2v) is 2.44. The zero-order chi connectivity index (χ0) is 8.97. The monoisotopic (exact) mass is 180 g/mol. The lowest BCUT2D eigenvalue weighted by Crippen LogP contribution is -1.96. The van der Waals surface area contributed by atoms with E-state index in [2.05, 4.69) is 5.32 Å². The van der Waals surface area contributed by atoms with Crippen LogP contribution in [0.25, 0.3) is 0 Å². The van der Waals surface area contributed by atoms with E-state index in [1.807, 2.05) is 6.07 Å². The van der Waals surface area contributed by atoms with Crippen LogP contribution in [-0.4, -0.2) is 6.41 Å². The number of benzene rings is 1. The van der Waals surface area contributed by atoms with Crippen LogP contribution in [0.15, 0.2) is 18.2 Å². The molecule has 1 rings (SSSR count). The van der Waals surface area contributed by atoms with E-state index in [0.29, 0.717) is 17.1 Å². The summed E-state index contributed by atoms with van der Waals surface area (Å²) in [4.78, 5) is 10.1. The molecule has 0 aromatic heterocycles. The molecular formula is C8H5ClN2O. The van der Waals surface area contributed by atoms with E-state index in [-0.39, 0.29) is 5.56 Å². The topological polar surface area (TPSA) is 52.9 Å².